The van der Waals surface area contributed by atoms with E-state index in [0.29, 0.717) is 25.6 Å². The number of rotatable bonds is 3. The summed E-state index contributed by atoms with van der Waals surface area (Å²) >= 11 is 0. The van der Waals surface area contributed by atoms with Gasteiger partial charge in [0.15, 0.2) is 0 Å². The SMILES string of the molecule is Oc1ccc2cc(OC3CN(c4ncncn4)CCO3)ccc2c1. The molecule has 2 heterocycles. The number of hydrogen-bond acceptors (Lipinski definition) is 7. The Morgan fingerprint density at radius 1 is 1.08 bits per heavy atom. The maximum absolute atomic E-state index is 9.52. The van der Waals surface area contributed by atoms with Crippen LogP contribution in [0.25, 0.3) is 10.8 Å². The van der Waals surface area contributed by atoms with Gasteiger partial charge in [0, 0.05) is 6.54 Å². The molecule has 0 amide bonds. The number of aromatic nitrogens is 3. The van der Waals surface area contributed by atoms with Crippen LogP contribution in [0.3, 0.4) is 0 Å². The molecule has 2 aromatic carbocycles. The maximum atomic E-state index is 9.52. The predicted octanol–water partition coefficient (Wildman–Crippen LogP) is 1.97. The lowest BCUT2D eigenvalue weighted by molar-refractivity contribution is -0.0866. The molecule has 0 radical (unpaired) electrons. The van der Waals surface area contributed by atoms with Gasteiger partial charge in [-0.3, -0.25) is 0 Å². The molecule has 1 unspecified atom stereocenters. The summed E-state index contributed by atoms with van der Waals surface area (Å²) in [5.74, 6) is 1.59. The quantitative estimate of drug-likeness (QED) is 0.789. The van der Waals surface area contributed by atoms with E-state index in [2.05, 4.69) is 15.0 Å². The van der Waals surface area contributed by atoms with Crippen LogP contribution < -0.4 is 9.64 Å². The van der Waals surface area contributed by atoms with Crippen LogP contribution in [0.2, 0.25) is 0 Å². The molecule has 3 aromatic rings. The fourth-order valence-corrected chi connectivity index (χ4v) is 2.70. The number of fused-ring (bicyclic) bond motifs is 1. The van der Waals surface area contributed by atoms with E-state index >= 15 is 0 Å². The first-order chi connectivity index (χ1) is 11.8. The minimum Gasteiger partial charge on any atom is -0.508 e. The van der Waals surface area contributed by atoms with Crippen LogP contribution >= 0.6 is 0 Å². The third-order valence-electron chi connectivity index (χ3n) is 3.86. The summed E-state index contributed by atoms with van der Waals surface area (Å²) in [6.07, 6.45) is 2.56. The number of phenols is 1. The van der Waals surface area contributed by atoms with E-state index < -0.39 is 6.29 Å². The Morgan fingerprint density at radius 2 is 1.88 bits per heavy atom. The summed E-state index contributed by atoms with van der Waals surface area (Å²) in [6, 6.07) is 10.9. The lowest BCUT2D eigenvalue weighted by Gasteiger charge is -2.32. The molecular weight excluding hydrogens is 308 g/mol. The fraction of sp³-hybridized carbons (Fsp3) is 0.235. The van der Waals surface area contributed by atoms with Gasteiger partial charge in [0.05, 0.1) is 13.2 Å². The highest BCUT2D eigenvalue weighted by Crippen LogP contribution is 2.25. The van der Waals surface area contributed by atoms with Crippen LogP contribution in [-0.2, 0) is 4.74 Å². The van der Waals surface area contributed by atoms with Gasteiger partial charge in [0.1, 0.15) is 24.2 Å². The van der Waals surface area contributed by atoms with Crippen molar-refractivity contribution in [2.45, 2.75) is 6.29 Å². The van der Waals surface area contributed by atoms with E-state index in [1.165, 1.54) is 12.7 Å². The molecule has 1 atom stereocenters. The second-order valence-electron chi connectivity index (χ2n) is 5.50. The predicted molar refractivity (Wildman–Crippen MR) is 88.0 cm³/mol. The number of morpholine rings is 1. The van der Waals surface area contributed by atoms with Crippen LogP contribution in [0, 0.1) is 0 Å². The Labute approximate surface area is 138 Å². The van der Waals surface area contributed by atoms with E-state index in [1.807, 2.05) is 29.2 Å². The maximum Gasteiger partial charge on any atom is 0.228 e. The van der Waals surface area contributed by atoms with E-state index in [0.717, 1.165) is 16.5 Å². The van der Waals surface area contributed by atoms with Gasteiger partial charge in [0.25, 0.3) is 0 Å². The summed E-state index contributed by atoms with van der Waals surface area (Å²) < 4.78 is 11.6. The fourth-order valence-electron chi connectivity index (χ4n) is 2.70. The number of anilines is 1. The van der Waals surface area contributed by atoms with Gasteiger partial charge in [0.2, 0.25) is 12.2 Å². The zero-order valence-electron chi connectivity index (χ0n) is 12.9. The largest absolute Gasteiger partial charge is 0.508 e. The molecule has 7 heteroatoms. The molecule has 1 fully saturated rings. The smallest absolute Gasteiger partial charge is 0.228 e. The molecule has 1 saturated heterocycles. The van der Waals surface area contributed by atoms with Crippen LogP contribution in [0.5, 0.6) is 11.5 Å². The average Bonchev–Trinajstić information content (AvgIpc) is 2.63. The molecule has 1 aliphatic rings. The first-order valence-corrected chi connectivity index (χ1v) is 7.66. The summed E-state index contributed by atoms with van der Waals surface area (Å²) in [6.45, 7) is 1.79. The lowest BCUT2D eigenvalue weighted by Crippen LogP contribution is -2.45. The van der Waals surface area contributed by atoms with Crippen molar-refractivity contribution >= 4 is 16.7 Å². The molecular formula is C17H16N4O3. The monoisotopic (exact) mass is 324 g/mol. The Balaban J connectivity index is 1.49. The molecule has 122 valence electrons. The molecule has 1 N–H and O–H groups in total. The number of ether oxygens (including phenoxy) is 2. The molecule has 4 rings (SSSR count). The minimum atomic E-state index is -0.398. The minimum absolute atomic E-state index is 0.250. The molecule has 0 aliphatic carbocycles. The second-order valence-corrected chi connectivity index (χ2v) is 5.50. The van der Waals surface area contributed by atoms with Gasteiger partial charge < -0.3 is 19.5 Å². The van der Waals surface area contributed by atoms with Gasteiger partial charge in [-0.25, -0.2) is 15.0 Å². The zero-order valence-corrected chi connectivity index (χ0v) is 12.9. The molecule has 7 nitrogen and oxygen atoms in total. The lowest BCUT2D eigenvalue weighted by atomic mass is 10.1. The Morgan fingerprint density at radius 3 is 2.75 bits per heavy atom. The van der Waals surface area contributed by atoms with Gasteiger partial charge in [-0.05, 0) is 35.0 Å². The number of benzene rings is 2. The van der Waals surface area contributed by atoms with Crippen molar-refractivity contribution in [3.63, 3.8) is 0 Å². The van der Waals surface area contributed by atoms with E-state index in [4.69, 9.17) is 9.47 Å². The van der Waals surface area contributed by atoms with Crippen molar-refractivity contribution < 1.29 is 14.6 Å². The van der Waals surface area contributed by atoms with Crippen molar-refractivity contribution in [1.29, 1.82) is 0 Å². The first-order valence-electron chi connectivity index (χ1n) is 7.66. The normalized spacial score (nSPS) is 17.8. The van der Waals surface area contributed by atoms with Crippen molar-refractivity contribution in [2.24, 2.45) is 0 Å². The molecule has 0 spiro atoms. The number of phenolic OH excluding ortho intramolecular Hbond substituents is 1. The molecule has 0 saturated carbocycles. The third kappa shape index (κ3) is 3.07. The standard InChI is InChI=1S/C17H16N4O3/c22-14-3-1-13-8-15(4-2-12(13)7-14)24-16-9-21(5-6-23-16)17-19-10-18-11-20-17/h1-4,7-8,10-11,16,22H,5-6,9H2. The average molecular weight is 324 g/mol. The number of aromatic hydroxyl groups is 1. The van der Waals surface area contributed by atoms with Gasteiger partial charge >= 0.3 is 0 Å². The van der Waals surface area contributed by atoms with Crippen molar-refractivity contribution in [3.05, 3.63) is 49.1 Å². The molecule has 1 aliphatic heterocycles. The molecule has 24 heavy (non-hydrogen) atoms. The topological polar surface area (TPSA) is 80.6 Å². The van der Waals surface area contributed by atoms with Crippen molar-refractivity contribution in [3.8, 4) is 11.5 Å². The van der Waals surface area contributed by atoms with Gasteiger partial charge in [-0.2, -0.15) is 0 Å². The Bertz CT molecular complexity index is 844. The second kappa shape index (κ2) is 6.29. The summed E-state index contributed by atoms with van der Waals surface area (Å²) in [5.41, 5.74) is 0. The Hall–Kier alpha value is -2.93. The van der Waals surface area contributed by atoms with Crippen molar-refractivity contribution in [2.75, 3.05) is 24.6 Å². The Kier molecular flexibility index (Phi) is 3.84. The van der Waals surface area contributed by atoms with Crippen LogP contribution in [0.15, 0.2) is 49.1 Å². The van der Waals surface area contributed by atoms with Crippen LogP contribution in [0.4, 0.5) is 5.95 Å². The summed E-state index contributed by atoms with van der Waals surface area (Å²) in [5, 5.41) is 11.5. The summed E-state index contributed by atoms with van der Waals surface area (Å²) in [4.78, 5) is 14.2. The third-order valence-corrected chi connectivity index (χ3v) is 3.86. The van der Waals surface area contributed by atoms with Crippen LogP contribution in [-0.4, -0.2) is 46.0 Å². The summed E-state index contributed by atoms with van der Waals surface area (Å²) in [7, 11) is 0. The highest BCUT2D eigenvalue weighted by Gasteiger charge is 2.23. The zero-order chi connectivity index (χ0) is 16.4. The highest BCUT2D eigenvalue weighted by molar-refractivity contribution is 5.85. The van der Waals surface area contributed by atoms with Gasteiger partial charge in [-0.1, -0.05) is 12.1 Å². The van der Waals surface area contributed by atoms with Crippen LogP contribution in [0.1, 0.15) is 0 Å². The van der Waals surface area contributed by atoms with Crippen molar-refractivity contribution in [1.82, 2.24) is 15.0 Å². The van der Waals surface area contributed by atoms with E-state index in [9.17, 15) is 5.11 Å². The number of hydrogen-bond donors (Lipinski definition) is 1. The number of nitrogens with zero attached hydrogens (tertiary/aromatic N) is 4. The highest BCUT2D eigenvalue weighted by atomic mass is 16.7. The van der Waals surface area contributed by atoms with E-state index in [-0.39, 0.29) is 5.75 Å². The van der Waals surface area contributed by atoms with Gasteiger partial charge in [-0.15, -0.1) is 0 Å². The van der Waals surface area contributed by atoms with E-state index in [1.54, 1.807) is 12.1 Å². The first kappa shape index (κ1) is 14.6. The molecule has 0 bridgehead atoms. The molecule has 1 aromatic heterocycles.